The maximum absolute atomic E-state index is 12.4. The van der Waals surface area contributed by atoms with E-state index < -0.39 is 0 Å². The van der Waals surface area contributed by atoms with Crippen LogP contribution in [0.3, 0.4) is 0 Å². The van der Waals surface area contributed by atoms with Gasteiger partial charge in [0.1, 0.15) is 11.4 Å². The van der Waals surface area contributed by atoms with Gasteiger partial charge in [0.15, 0.2) is 0 Å². The van der Waals surface area contributed by atoms with Crippen molar-refractivity contribution in [3.05, 3.63) is 33.5 Å². The summed E-state index contributed by atoms with van der Waals surface area (Å²) >= 11 is 0. The zero-order chi connectivity index (χ0) is 17.3. The predicted octanol–water partition coefficient (Wildman–Crippen LogP) is 0.0859. The Hall–Kier alpha value is -2.71. The Bertz CT molecular complexity index is 797. The molecule has 0 bridgehead atoms. The van der Waals surface area contributed by atoms with E-state index in [1.807, 2.05) is 14.1 Å². The van der Waals surface area contributed by atoms with E-state index in [0.29, 0.717) is 30.4 Å². The minimum Gasteiger partial charge on any atom is -0.348 e. The van der Waals surface area contributed by atoms with Gasteiger partial charge in [-0.05, 0) is 13.3 Å². The summed E-state index contributed by atoms with van der Waals surface area (Å²) in [7, 11) is 3.64. The van der Waals surface area contributed by atoms with Crippen LogP contribution >= 0.6 is 0 Å². The number of hydrogen-bond donors (Lipinski definition) is 1. The number of amides is 1. The van der Waals surface area contributed by atoms with Crippen LogP contribution in [0.1, 0.15) is 29.4 Å². The SMILES string of the molecule is Cc1nonc1CC(=O)N1CC[C@@H](c2cc(=O)[nH]c(N(C)C)n2)C1. The number of aromatic amines is 1. The molecule has 1 aliphatic heterocycles. The van der Waals surface area contributed by atoms with Crippen molar-refractivity contribution in [2.24, 2.45) is 0 Å². The third-order valence-electron chi connectivity index (χ3n) is 4.20. The summed E-state index contributed by atoms with van der Waals surface area (Å²) < 4.78 is 4.62. The van der Waals surface area contributed by atoms with E-state index in [0.717, 1.165) is 12.1 Å². The monoisotopic (exact) mass is 332 g/mol. The Kier molecular flexibility index (Phi) is 4.32. The Balaban J connectivity index is 1.70. The van der Waals surface area contributed by atoms with Crippen LogP contribution in [-0.2, 0) is 11.2 Å². The molecule has 3 heterocycles. The second-order valence-corrected chi connectivity index (χ2v) is 6.19. The highest BCUT2D eigenvalue weighted by Crippen LogP contribution is 2.26. The second-order valence-electron chi connectivity index (χ2n) is 6.19. The topological polar surface area (TPSA) is 108 Å². The lowest BCUT2D eigenvalue weighted by molar-refractivity contribution is -0.129. The molecule has 9 nitrogen and oxygen atoms in total. The van der Waals surface area contributed by atoms with Crippen molar-refractivity contribution in [3.63, 3.8) is 0 Å². The van der Waals surface area contributed by atoms with Gasteiger partial charge in [0.2, 0.25) is 11.9 Å². The van der Waals surface area contributed by atoms with Gasteiger partial charge in [-0.1, -0.05) is 10.3 Å². The molecule has 9 heteroatoms. The first-order chi connectivity index (χ1) is 11.4. The molecule has 3 rings (SSSR count). The highest BCUT2D eigenvalue weighted by molar-refractivity contribution is 5.78. The minimum absolute atomic E-state index is 0.0195. The average molecular weight is 332 g/mol. The van der Waals surface area contributed by atoms with Gasteiger partial charge < -0.3 is 9.80 Å². The van der Waals surface area contributed by atoms with Gasteiger partial charge in [-0.2, -0.15) is 0 Å². The van der Waals surface area contributed by atoms with Gasteiger partial charge in [0.25, 0.3) is 5.56 Å². The number of carbonyl (C=O) groups is 1. The maximum atomic E-state index is 12.4. The zero-order valence-corrected chi connectivity index (χ0v) is 13.9. The number of nitrogens with one attached hydrogen (secondary N) is 1. The van der Waals surface area contributed by atoms with Crippen LogP contribution < -0.4 is 10.5 Å². The van der Waals surface area contributed by atoms with Crippen LogP contribution in [0, 0.1) is 6.92 Å². The minimum atomic E-state index is -0.183. The molecular formula is C15H20N6O3. The Morgan fingerprint density at radius 1 is 1.46 bits per heavy atom. The number of likely N-dealkylation sites (tertiary alicyclic amines) is 1. The van der Waals surface area contributed by atoms with E-state index in [-0.39, 0.29) is 23.8 Å². The largest absolute Gasteiger partial charge is 0.348 e. The second kappa shape index (κ2) is 6.42. The van der Waals surface area contributed by atoms with Crippen molar-refractivity contribution in [2.45, 2.75) is 25.7 Å². The van der Waals surface area contributed by atoms with Crippen LogP contribution in [0.4, 0.5) is 5.95 Å². The Morgan fingerprint density at radius 2 is 2.25 bits per heavy atom. The first-order valence-electron chi connectivity index (χ1n) is 7.78. The summed E-state index contributed by atoms with van der Waals surface area (Å²) in [6, 6.07) is 1.51. The molecule has 128 valence electrons. The summed E-state index contributed by atoms with van der Waals surface area (Å²) in [6.45, 7) is 2.95. The molecule has 2 aromatic heterocycles. The van der Waals surface area contributed by atoms with Gasteiger partial charge in [-0.3, -0.25) is 14.6 Å². The van der Waals surface area contributed by atoms with Crippen LogP contribution in [-0.4, -0.2) is 58.3 Å². The molecule has 0 aliphatic carbocycles. The van der Waals surface area contributed by atoms with E-state index in [9.17, 15) is 9.59 Å². The van der Waals surface area contributed by atoms with Gasteiger partial charge in [0, 0.05) is 39.2 Å². The van der Waals surface area contributed by atoms with Crippen molar-refractivity contribution < 1.29 is 9.42 Å². The fraction of sp³-hybridized carbons (Fsp3) is 0.533. The van der Waals surface area contributed by atoms with Crippen molar-refractivity contribution in [1.82, 2.24) is 25.2 Å². The summed E-state index contributed by atoms with van der Waals surface area (Å²) in [5.41, 5.74) is 1.73. The zero-order valence-electron chi connectivity index (χ0n) is 13.9. The van der Waals surface area contributed by atoms with E-state index in [2.05, 4.69) is 24.9 Å². The van der Waals surface area contributed by atoms with E-state index >= 15 is 0 Å². The first-order valence-corrected chi connectivity index (χ1v) is 7.78. The number of rotatable bonds is 4. The molecule has 24 heavy (non-hydrogen) atoms. The molecule has 1 atom stereocenters. The molecule has 0 radical (unpaired) electrons. The lowest BCUT2D eigenvalue weighted by Crippen LogP contribution is -2.30. The van der Waals surface area contributed by atoms with Crippen LogP contribution in [0.5, 0.6) is 0 Å². The number of H-pyrrole nitrogens is 1. The molecule has 0 aromatic carbocycles. The maximum Gasteiger partial charge on any atom is 0.252 e. The molecule has 2 aromatic rings. The van der Waals surface area contributed by atoms with Crippen LogP contribution in [0.2, 0.25) is 0 Å². The van der Waals surface area contributed by atoms with Crippen LogP contribution in [0.15, 0.2) is 15.5 Å². The first kappa shape index (κ1) is 16.2. The number of carbonyl (C=O) groups excluding carboxylic acids is 1. The number of hydrogen-bond acceptors (Lipinski definition) is 7. The molecule has 1 N–H and O–H groups in total. The number of aryl methyl sites for hydroxylation is 1. The molecule has 0 spiro atoms. The number of aromatic nitrogens is 4. The van der Waals surface area contributed by atoms with Crippen molar-refractivity contribution >= 4 is 11.9 Å². The van der Waals surface area contributed by atoms with Gasteiger partial charge in [0.05, 0.1) is 12.1 Å². The van der Waals surface area contributed by atoms with Gasteiger partial charge in [-0.15, -0.1) is 0 Å². The molecule has 1 aliphatic rings. The summed E-state index contributed by atoms with van der Waals surface area (Å²) in [5.74, 6) is 0.562. The third kappa shape index (κ3) is 3.29. The average Bonchev–Trinajstić information content (AvgIpc) is 3.16. The molecule has 0 unspecified atom stereocenters. The van der Waals surface area contributed by atoms with Crippen molar-refractivity contribution in [1.29, 1.82) is 0 Å². The summed E-state index contributed by atoms with van der Waals surface area (Å²) in [6.07, 6.45) is 0.957. The molecular weight excluding hydrogens is 312 g/mol. The predicted molar refractivity (Wildman–Crippen MR) is 85.9 cm³/mol. The van der Waals surface area contributed by atoms with E-state index in [1.54, 1.807) is 16.7 Å². The molecule has 1 amide bonds. The fourth-order valence-corrected chi connectivity index (χ4v) is 2.78. The summed E-state index contributed by atoms with van der Waals surface area (Å²) in [5, 5.41) is 7.44. The Morgan fingerprint density at radius 3 is 2.92 bits per heavy atom. The quantitative estimate of drug-likeness (QED) is 0.845. The molecule has 1 saturated heterocycles. The van der Waals surface area contributed by atoms with Crippen molar-refractivity contribution in [3.8, 4) is 0 Å². The Labute approximate surface area is 138 Å². The highest BCUT2D eigenvalue weighted by Gasteiger charge is 2.29. The molecule has 1 fully saturated rings. The lowest BCUT2D eigenvalue weighted by Gasteiger charge is -2.17. The fourth-order valence-electron chi connectivity index (χ4n) is 2.78. The van der Waals surface area contributed by atoms with Crippen molar-refractivity contribution in [2.75, 3.05) is 32.1 Å². The summed E-state index contributed by atoms with van der Waals surface area (Å²) in [4.78, 5) is 34.9. The van der Waals surface area contributed by atoms with Crippen LogP contribution in [0.25, 0.3) is 0 Å². The third-order valence-corrected chi connectivity index (χ3v) is 4.20. The number of anilines is 1. The number of nitrogens with zero attached hydrogens (tertiary/aromatic N) is 5. The highest BCUT2D eigenvalue weighted by atomic mass is 16.6. The standard InChI is InChI=1S/C15H20N6O3/c1-9-11(19-24-18-9)7-14(23)21-5-4-10(8-21)12-6-13(22)17-15(16-12)20(2)3/h6,10H,4-5,7-8H2,1-3H3,(H,16,17,22)/t10-/m1/s1. The van der Waals surface area contributed by atoms with E-state index in [4.69, 9.17) is 0 Å². The normalized spacial score (nSPS) is 17.3. The van der Waals surface area contributed by atoms with E-state index in [1.165, 1.54) is 6.07 Å². The van der Waals surface area contributed by atoms with Gasteiger partial charge >= 0.3 is 0 Å². The lowest BCUT2D eigenvalue weighted by atomic mass is 10.1. The van der Waals surface area contributed by atoms with Gasteiger partial charge in [-0.25, -0.2) is 9.61 Å². The smallest absolute Gasteiger partial charge is 0.252 e. The molecule has 0 saturated carbocycles.